The second-order valence-electron chi connectivity index (χ2n) is 19.9. The normalized spacial score (nSPS) is 12.6. The molecule has 0 bridgehead atoms. The number of esters is 3. The summed E-state index contributed by atoms with van der Waals surface area (Å²) >= 11 is 0. The Bertz CT molecular complexity index is 1310. The van der Waals surface area contributed by atoms with Crippen molar-refractivity contribution >= 4 is 17.9 Å². The summed E-state index contributed by atoms with van der Waals surface area (Å²) in [7, 11) is 0. The molecule has 0 aliphatic heterocycles. The van der Waals surface area contributed by atoms with Crippen LogP contribution in [-0.2, 0) is 28.6 Å². The van der Waals surface area contributed by atoms with E-state index in [1.807, 2.05) is 0 Å². The zero-order chi connectivity index (χ0) is 50.7. The first-order valence-electron chi connectivity index (χ1n) is 29.9. The molecule has 0 aliphatic rings. The van der Waals surface area contributed by atoms with E-state index in [4.69, 9.17) is 14.2 Å². The molecule has 404 valence electrons. The lowest BCUT2D eigenvalue weighted by atomic mass is 10.0. The van der Waals surface area contributed by atoms with Gasteiger partial charge in [-0.05, 0) is 89.9 Å². The van der Waals surface area contributed by atoms with Gasteiger partial charge < -0.3 is 14.2 Å². The molecule has 6 heteroatoms. The third-order valence-electron chi connectivity index (χ3n) is 12.9. The highest BCUT2D eigenvalue weighted by atomic mass is 16.6. The summed E-state index contributed by atoms with van der Waals surface area (Å²) in [5.41, 5.74) is 0. The van der Waals surface area contributed by atoms with Crippen molar-refractivity contribution in [2.24, 2.45) is 0 Å². The highest BCUT2D eigenvalue weighted by Gasteiger charge is 2.19. The van der Waals surface area contributed by atoms with Crippen molar-refractivity contribution in [3.63, 3.8) is 0 Å². The van der Waals surface area contributed by atoms with Crippen LogP contribution in [0.4, 0.5) is 0 Å². The predicted molar refractivity (Wildman–Crippen MR) is 302 cm³/mol. The molecular formula is C64H112O6. The Kier molecular flexibility index (Phi) is 55.8. The first kappa shape index (κ1) is 66.9. The van der Waals surface area contributed by atoms with Gasteiger partial charge >= 0.3 is 17.9 Å². The molecule has 0 spiro atoms. The van der Waals surface area contributed by atoms with Gasteiger partial charge in [0.15, 0.2) is 6.10 Å². The van der Waals surface area contributed by atoms with E-state index in [2.05, 4.69) is 93.7 Å². The maximum Gasteiger partial charge on any atom is 0.306 e. The molecule has 0 saturated carbocycles. The van der Waals surface area contributed by atoms with Crippen LogP contribution < -0.4 is 0 Å². The van der Waals surface area contributed by atoms with Crippen LogP contribution in [0.5, 0.6) is 0 Å². The Morgan fingerprint density at radius 3 is 0.886 bits per heavy atom. The highest BCUT2D eigenvalue weighted by molar-refractivity contribution is 5.71. The average molecular weight is 978 g/mol. The summed E-state index contributed by atoms with van der Waals surface area (Å²) in [4.78, 5) is 38.1. The number of carbonyl (C=O) groups excluding carboxylic acids is 3. The smallest absolute Gasteiger partial charge is 0.306 e. The van der Waals surface area contributed by atoms with Gasteiger partial charge in [-0.3, -0.25) is 14.4 Å². The van der Waals surface area contributed by atoms with E-state index in [0.29, 0.717) is 19.3 Å². The van der Waals surface area contributed by atoms with Gasteiger partial charge in [0, 0.05) is 19.3 Å². The zero-order valence-corrected chi connectivity index (χ0v) is 46.3. The first-order valence-corrected chi connectivity index (χ1v) is 29.9. The minimum absolute atomic E-state index is 0.0763. The van der Waals surface area contributed by atoms with Gasteiger partial charge in [0.25, 0.3) is 0 Å². The molecule has 0 saturated heterocycles. The van der Waals surface area contributed by atoms with E-state index in [-0.39, 0.29) is 31.1 Å². The summed E-state index contributed by atoms with van der Waals surface area (Å²) in [6.45, 7) is 6.52. The topological polar surface area (TPSA) is 78.9 Å². The van der Waals surface area contributed by atoms with Crippen LogP contribution in [0.15, 0.2) is 72.9 Å². The van der Waals surface area contributed by atoms with Crippen molar-refractivity contribution in [2.75, 3.05) is 13.2 Å². The zero-order valence-electron chi connectivity index (χ0n) is 46.3. The van der Waals surface area contributed by atoms with Crippen molar-refractivity contribution in [3.8, 4) is 0 Å². The second kappa shape index (κ2) is 58.4. The lowest BCUT2D eigenvalue weighted by Crippen LogP contribution is -2.30. The van der Waals surface area contributed by atoms with Crippen LogP contribution in [0.1, 0.15) is 297 Å². The average Bonchev–Trinajstić information content (AvgIpc) is 3.36. The van der Waals surface area contributed by atoms with Crippen molar-refractivity contribution in [1.29, 1.82) is 0 Å². The Hall–Kier alpha value is -3.15. The van der Waals surface area contributed by atoms with E-state index in [9.17, 15) is 14.4 Å². The third-order valence-corrected chi connectivity index (χ3v) is 12.9. The predicted octanol–water partition coefficient (Wildman–Crippen LogP) is 20.2. The monoisotopic (exact) mass is 977 g/mol. The number of unbranched alkanes of at least 4 members (excludes halogenated alkanes) is 31. The summed E-state index contributed by atoms with van der Waals surface area (Å²) in [5, 5.41) is 0. The van der Waals surface area contributed by atoms with E-state index < -0.39 is 6.10 Å². The van der Waals surface area contributed by atoms with Gasteiger partial charge in [-0.25, -0.2) is 0 Å². The number of rotatable bonds is 54. The van der Waals surface area contributed by atoms with E-state index in [0.717, 1.165) is 103 Å². The van der Waals surface area contributed by atoms with Crippen LogP contribution >= 0.6 is 0 Å². The van der Waals surface area contributed by atoms with Crippen molar-refractivity contribution in [2.45, 2.75) is 303 Å². The van der Waals surface area contributed by atoms with E-state index in [1.54, 1.807) is 0 Å². The molecule has 0 rings (SSSR count). The highest BCUT2D eigenvalue weighted by Crippen LogP contribution is 2.16. The standard InChI is InChI=1S/C64H112O6/c1-4-7-10-13-16-19-22-24-26-27-28-29-30-31-32-33-34-35-36-37-39-40-42-45-48-51-54-57-63(66)69-60-61(59-68-62(65)56-53-50-47-44-21-18-15-12-9-6-3)70-64(67)58-55-52-49-46-43-41-38-25-23-20-17-14-11-8-5-2/h7,10,16,19,24-26,28-29,31-32,38,61H,4-6,8-9,11-15,17-18,20-23,27,30,33-37,39-60H2,1-3H3/b10-7-,19-16-,26-24-,29-28-,32-31-,38-25-. The van der Waals surface area contributed by atoms with Gasteiger partial charge in [-0.2, -0.15) is 0 Å². The number of ether oxygens (including phenoxy) is 3. The number of allylic oxidation sites excluding steroid dienone is 12. The van der Waals surface area contributed by atoms with Crippen molar-refractivity contribution in [1.82, 2.24) is 0 Å². The Balaban J connectivity index is 4.22. The van der Waals surface area contributed by atoms with Gasteiger partial charge in [0.1, 0.15) is 13.2 Å². The van der Waals surface area contributed by atoms with Crippen LogP contribution in [0.25, 0.3) is 0 Å². The molecule has 6 nitrogen and oxygen atoms in total. The van der Waals surface area contributed by atoms with Gasteiger partial charge in [0.05, 0.1) is 0 Å². The van der Waals surface area contributed by atoms with Crippen LogP contribution in [0.2, 0.25) is 0 Å². The lowest BCUT2D eigenvalue weighted by Gasteiger charge is -2.18. The van der Waals surface area contributed by atoms with Crippen molar-refractivity contribution < 1.29 is 28.6 Å². The lowest BCUT2D eigenvalue weighted by molar-refractivity contribution is -0.167. The van der Waals surface area contributed by atoms with E-state index in [1.165, 1.54) is 154 Å². The van der Waals surface area contributed by atoms with E-state index >= 15 is 0 Å². The summed E-state index contributed by atoms with van der Waals surface area (Å²) in [5.74, 6) is -0.879. The largest absolute Gasteiger partial charge is 0.462 e. The molecule has 0 aromatic rings. The van der Waals surface area contributed by atoms with Crippen LogP contribution in [-0.4, -0.2) is 37.2 Å². The molecule has 0 heterocycles. The molecule has 1 unspecified atom stereocenters. The molecule has 0 amide bonds. The van der Waals surface area contributed by atoms with Gasteiger partial charge in [0.2, 0.25) is 0 Å². The minimum atomic E-state index is -0.778. The molecule has 1 atom stereocenters. The molecule has 0 aliphatic carbocycles. The van der Waals surface area contributed by atoms with Gasteiger partial charge in [-0.1, -0.05) is 261 Å². The fourth-order valence-electron chi connectivity index (χ4n) is 8.47. The molecule has 0 aromatic heterocycles. The first-order chi connectivity index (χ1) is 34.5. The second-order valence-corrected chi connectivity index (χ2v) is 19.9. The summed E-state index contributed by atoms with van der Waals surface area (Å²) < 4.78 is 16.8. The molecule has 0 aromatic carbocycles. The fourth-order valence-corrected chi connectivity index (χ4v) is 8.47. The molecule has 0 fully saturated rings. The van der Waals surface area contributed by atoms with Crippen LogP contribution in [0.3, 0.4) is 0 Å². The van der Waals surface area contributed by atoms with Crippen LogP contribution in [0, 0.1) is 0 Å². The summed E-state index contributed by atoms with van der Waals surface area (Å²) in [6, 6.07) is 0. The molecular weight excluding hydrogens is 865 g/mol. The Morgan fingerprint density at radius 1 is 0.300 bits per heavy atom. The quantitative estimate of drug-likeness (QED) is 0.0261. The maximum atomic E-state index is 12.8. The SMILES string of the molecule is CC/C=C\C/C=C\C/C=C\C/C=C\C/C=C\CCCCCCCCCCCCCC(=O)OCC(COC(=O)CCCCCCCCCCCC)OC(=O)CCCCCCC/C=C\CCCCCCCC. The Morgan fingerprint density at radius 2 is 0.557 bits per heavy atom. The minimum Gasteiger partial charge on any atom is -0.462 e. The molecule has 0 N–H and O–H groups in total. The molecule has 70 heavy (non-hydrogen) atoms. The third kappa shape index (κ3) is 55.8. The molecule has 0 radical (unpaired) electrons. The summed E-state index contributed by atoms with van der Waals surface area (Å²) in [6.07, 6.45) is 74.7. The number of hydrogen-bond acceptors (Lipinski definition) is 6. The fraction of sp³-hybridized carbons (Fsp3) is 0.766. The number of hydrogen-bond donors (Lipinski definition) is 0. The Labute approximate surface area is 433 Å². The van der Waals surface area contributed by atoms with Gasteiger partial charge in [-0.15, -0.1) is 0 Å². The maximum absolute atomic E-state index is 12.8. The number of carbonyl (C=O) groups is 3. The van der Waals surface area contributed by atoms with Crippen molar-refractivity contribution in [3.05, 3.63) is 72.9 Å².